The molecule has 0 radical (unpaired) electrons. The van der Waals surface area contributed by atoms with Gasteiger partial charge in [0.15, 0.2) is 0 Å². The predicted octanol–water partition coefficient (Wildman–Crippen LogP) is 4.75. The SMILES string of the molecule is COc1cc(NC(=O)c2cc3sc4ccccc4c3s2)ccc1NS(C)(=O)=O. The van der Waals surface area contributed by atoms with Crippen LogP contribution in [-0.4, -0.2) is 27.7 Å². The van der Waals surface area contributed by atoms with Crippen molar-refractivity contribution < 1.29 is 17.9 Å². The Morgan fingerprint density at radius 3 is 2.57 bits per heavy atom. The van der Waals surface area contributed by atoms with Crippen molar-refractivity contribution in [1.29, 1.82) is 0 Å². The number of hydrogen-bond acceptors (Lipinski definition) is 6. The molecule has 4 rings (SSSR count). The number of rotatable bonds is 5. The number of hydrogen-bond donors (Lipinski definition) is 2. The van der Waals surface area contributed by atoms with Gasteiger partial charge in [-0.3, -0.25) is 9.52 Å². The molecule has 0 spiro atoms. The highest BCUT2D eigenvalue weighted by Gasteiger charge is 2.16. The van der Waals surface area contributed by atoms with E-state index in [2.05, 4.69) is 22.2 Å². The number of thiophene rings is 2. The number of carbonyl (C=O) groups excluding carboxylic acids is 1. The van der Waals surface area contributed by atoms with Gasteiger partial charge in [-0.25, -0.2) is 8.42 Å². The molecule has 1 amide bonds. The Labute approximate surface area is 169 Å². The molecule has 0 fully saturated rings. The molecule has 0 aliphatic rings. The minimum absolute atomic E-state index is 0.219. The van der Waals surface area contributed by atoms with Crippen molar-refractivity contribution in [2.24, 2.45) is 0 Å². The third-order valence-corrected chi connectivity index (χ3v) is 7.03. The Bertz CT molecular complexity index is 1310. The van der Waals surface area contributed by atoms with E-state index in [0.717, 1.165) is 21.0 Å². The molecule has 9 heteroatoms. The van der Waals surface area contributed by atoms with Crippen molar-refractivity contribution in [2.45, 2.75) is 0 Å². The summed E-state index contributed by atoms with van der Waals surface area (Å²) in [6.07, 6.45) is 1.06. The molecular formula is C19H16N2O4S3. The van der Waals surface area contributed by atoms with Gasteiger partial charge < -0.3 is 10.1 Å². The highest BCUT2D eigenvalue weighted by molar-refractivity contribution is 7.92. The molecule has 2 N–H and O–H groups in total. The van der Waals surface area contributed by atoms with Crippen LogP contribution in [0.1, 0.15) is 9.67 Å². The first-order chi connectivity index (χ1) is 13.3. The van der Waals surface area contributed by atoms with Gasteiger partial charge in [-0.05, 0) is 24.3 Å². The predicted molar refractivity (Wildman–Crippen MR) is 117 cm³/mol. The van der Waals surface area contributed by atoms with Gasteiger partial charge in [-0.2, -0.15) is 0 Å². The summed E-state index contributed by atoms with van der Waals surface area (Å²) in [5.41, 5.74) is 0.827. The van der Waals surface area contributed by atoms with Gasteiger partial charge in [-0.1, -0.05) is 18.2 Å². The summed E-state index contributed by atoms with van der Waals surface area (Å²) >= 11 is 3.12. The number of benzene rings is 2. The normalized spacial score (nSPS) is 11.6. The highest BCUT2D eigenvalue weighted by Crippen LogP contribution is 2.39. The van der Waals surface area contributed by atoms with Gasteiger partial charge in [-0.15, -0.1) is 22.7 Å². The van der Waals surface area contributed by atoms with Crippen LogP contribution in [0.5, 0.6) is 5.75 Å². The molecule has 28 heavy (non-hydrogen) atoms. The van der Waals surface area contributed by atoms with E-state index in [-0.39, 0.29) is 5.91 Å². The fraction of sp³-hybridized carbons (Fsp3) is 0.105. The number of ether oxygens (including phenoxy) is 1. The number of sulfonamides is 1. The average Bonchev–Trinajstić information content (AvgIpc) is 3.20. The van der Waals surface area contributed by atoms with Crippen LogP contribution in [0.25, 0.3) is 19.5 Å². The van der Waals surface area contributed by atoms with E-state index in [1.54, 1.807) is 29.5 Å². The summed E-state index contributed by atoms with van der Waals surface area (Å²) in [6.45, 7) is 0. The van der Waals surface area contributed by atoms with Gasteiger partial charge in [0.25, 0.3) is 5.91 Å². The standard InChI is InChI=1S/C19H16N2O4S3/c1-25-14-9-11(7-8-13(14)21-28(2,23)24)20-19(22)17-10-16-18(27-17)12-5-3-4-6-15(12)26-16/h3-10,21H,1-2H3,(H,20,22). The summed E-state index contributed by atoms with van der Waals surface area (Å²) in [6, 6.07) is 14.8. The first-order valence-corrected chi connectivity index (χ1v) is 11.7. The largest absolute Gasteiger partial charge is 0.494 e. The smallest absolute Gasteiger partial charge is 0.265 e. The molecule has 144 valence electrons. The average molecular weight is 433 g/mol. The maximum atomic E-state index is 12.7. The quantitative estimate of drug-likeness (QED) is 0.477. The Hall–Kier alpha value is -2.62. The van der Waals surface area contributed by atoms with Gasteiger partial charge in [0.05, 0.1) is 28.6 Å². The molecule has 0 atom stereocenters. The zero-order valence-corrected chi connectivity index (χ0v) is 17.4. The van der Waals surface area contributed by atoms with Crippen molar-refractivity contribution in [1.82, 2.24) is 0 Å². The summed E-state index contributed by atoms with van der Waals surface area (Å²) in [5.74, 6) is 0.102. The lowest BCUT2D eigenvalue weighted by Gasteiger charge is -2.12. The zero-order valence-electron chi connectivity index (χ0n) is 15.0. The van der Waals surface area contributed by atoms with E-state index < -0.39 is 10.0 Å². The number of nitrogens with one attached hydrogen (secondary N) is 2. The fourth-order valence-electron chi connectivity index (χ4n) is 2.86. The topological polar surface area (TPSA) is 84.5 Å². The second-order valence-electron chi connectivity index (χ2n) is 6.15. The van der Waals surface area contributed by atoms with Crippen molar-refractivity contribution >= 4 is 69.5 Å². The fourth-order valence-corrected chi connectivity index (χ4v) is 5.85. The van der Waals surface area contributed by atoms with Gasteiger partial charge in [0.1, 0.15) is 5.75 Å². The second kappa shape index (κ2) is 7.08. The van der Waals surface area contributed by atoms with E-state index in [1.807, 2.05) is 18.2 Å². The molecule has 4 aromatic rings. The molecule has 0 bridgehead atoms. The summed E-state index contributed by atoms with van der Waals surface area (Å²) in [7, 11) is -1.99. The van der Waals surface area contributed by atoms with Gasteiger partial charge >= 0.3 is 0 Å². The monoisotopic (exact) mass is 432 g/mol. The molecule has 0 aliphatic heterocycles. The van der Waals surface area contributed by atoms with Crippen molar-refractivity contribution in [3.8, 4) is 5.75 Å². The van der Waals surface area contributed by atoms with Crippen LogP contribution in [-0.2, 0) is 10.0 Å². The van der Waals surface area contributed by atoms with Crippen molar-refractivity contribution in [3.05, 3.63) is 53.4 Å². The molecule has 0 saturated heterocycles. The van der Waals surface area contributed by atoms with Crippen LogP contribution >= 0.6 is 22.7 Å². The van der Waals surface area contributed by atoms with Crippen LogP contribution in [0, 0.1) is 0 Å². The Morgan fingerprint density at radius 1 is 1.04 bits per heavy atom. The van der Waals surface area contributed by atoms with E-state index in [0.29, 0.717) is 22.0 Å². The highest BCUT2D eigenvalue weighted by atomic mass is 32.2. The lowest BCUT2D eigenvalue weighted by atomic mass is 10.2. The third kappa shape index (κ3) is 3.68. The van der Waals surface area contributed by atoms with E-state index in [9.17, 15) is 13.2 Å². The van der Waals surface area contributed by atoms with Crippen molar-refractivity contribution in [3.63, 3.8) is 0 Å². The maximum absolute atomic E-state index is 12.7. The summed E-state index contributed by atoms with van der Waals surface area (Å²) in [4.78, 5) is 13.3. The van der Waals surface area contributed by atoms with Gasteiger partial charge in [0.2, 0.25) is 10.0 Å². The summed E-state index contributed by atoms with van der Waals surface area (Å²) < 4.78 is 33.9. The molecule has 2 heterocycles. The van der Waals surface area contributed by atoms with Crippen LogP contribution in [0.15, 0.2) is 48.5 Å². The lowest BCUT2D eigenvalue weighted by molar-refractivity contribution is 0.103. The molecule has 6 nitrogen and oxygen atoms in total. The molecule has 0 saturated carbocycles. The summed E-state index contributed by atoms with van der Waals surface area (Å²) in [5, 5.41) is 4.00. The molecule has 0 unspecified atom stereocenters. The molecule has 2 aromatic heterocycles. The van der Waals surface area contributed by atoms with E-state index in [4.69, 9.17) is 4.74 Å². The van der Waals surface area contributed by atoms with E-state index in [1.165, 1.54) is 23.1 Å². The number of anilines is 2. The van der Waals surface area contributed by atoms with Crippen LogP contribution in [0.2, 0.25) is 0 Å². The zero-order chi connectivity index (χ0) is 19.9. The Balaban J connectivity index is 1.60. The van der Waals surface area contributed by atoms with Crippen LogP contribution in [0.4, 0.5) is 11.4 Å². The van der Waals surface area contributed by atoms with Crippen LogP contribution < -0.4 is 14.8 Å². The first-order valence-electron chi connectivity index (χ1n) is 8.22. The van der Waals surface area contributed by atoms with E-state index >= 15 is 0 Å². The number of amides is 1. The first kappa shape index (κ1) is 18.7. The second-order valence-corrected chi connectivity index (χ2v) is 10.0. The van der Waals surface area contributed by atoms with Crippen molar-refractivity contribution in [2.75, 3.05) is 23.4 Å². The number of methoxy groups -OCH3 is 1. The number of fused-ring (bicyclic) bond motifs is 3. The third-order valence-electron chi connectivity index (χ3n) is 4.03. The lowest BCUT2D eigenvalue weighted by Crippen LogP contribution is -2.12. The maximum Gasteiger partial charge on any atom is 0.265 e. The minimum atomic E-state index is -3.43. The minimum Gasteiger partial charge on any atom is -0.494 e. The molecule has 2 aromatic carbocycles. The number of carbonyl (C=O) groups is 1. The molecular weight excluding hydrogens is 416 g/mol. The van der Waals surface area contributed by atoms with Crippen LogP contribution in [0.3, 0.4) is 0 Å². The Morgan fingerprint density at radius 2 is 1.82 bits per heavy atom. The molecule has 0 aliphatic carbocycles. The Kier molecular flexibility index (Phi) is 4.74. The van der Waals surface area contributed by atoms with Gasteiger partial charge in [0, 0.05) is 26.5 Å².